The molecule has 0 bridgehead atoms. The van der Waals surface area contributed by atoms with Crippen molar-refractivity contribution < 1.29 is 13.2 Å². The minimum absolute atomic E-state index is 0.150. The van der Waals surface area contributed by atoms with E-state index in [1.807, 2.05) is 0 Å². The number of carbonyl (C=O) groups excluding carboxylic acids is 1. The van der Waals surface area contributed by atoms with E-state index in [1.54, 1.807) is 6.07 Å². The number of sulfone groups is 1. The lowest BCUT2D eigenvalue weighted by Gasteiger charge is -2.02. The van der Waals surface area contributed by atoms with Crippen LogP contribution in [0.25, 0.3) is 0 Å². The average molecular weight is 277 g/mol. The molecule has 0 aliphatic carbocycles. The van der Waals surface area contributed by atoms with Crippen molar-refractivity contribution in [3.8, 4) is 0 Å². The molecule has 0 aliphatic heterocycles. The predicted molar refractivity (Wildman–Crippen MR) is 57.3 cm³/mol. The molecule has 0 radical (unpaired) electrons. The Kier molecular flexibility index (Phi) is 3.11. The molecule has 0 saturated heterocycles. The van der Waals surface area contributed by atoms with Gasteiger partial charge in [0.25, 0.3) is 0 Å². The molecule has 0 aliphatic rings. The highest BCUT2D eigenvalue weighted by Gasteiger charge is 2.11. The Morgan fingerprint density at radius 3 is 2.29 bits per heavy atom. The second kappa shape index (κ2) is 3.82. The maximum Gasteiger partial charge on any atom is 0.175 e. The Hall–Kier alpha value is -0.680. The molecule has 0 amide bonds. The topological polar surface area (TPSA) is 51.2 Å². The maximum absolute atomic E-state index is 11.2. The first-order valence-corrected chi connectivity index (χ1v) is 6.51. The van der Waals surface area contributed by atoms with E-state index >= 15 is 0 Å². The van der Waals surface area contributed by atoms with Crippen LogP contribution in [0.4, 0.5) is 0 Å². The zero-order valence-corrected chi connectivity index (χ0v) is 10.1. The van der Waals surface area contributed by atoms with Crippen molar-refractivity contribution in [2.75, 3.05) is 6.26 Å². The van der Waals surface area contributed by atoms with Gasteiger partial charge in [0.2, 0.25) is 0 Å². The molecule has 1 rings (SSSR count). The van der Waals surface area contributed by atoms with Crippen molar-refractivity contribution in [2.24, 2.45) is 0 Å². The smallest absolute Gasteiger partial charge is 0.175 e. The third-order valence-corrected chi connectivity index (χ3v) is 3.26. The largest absolute Gasteiger partial charge is 0.295 e. The number of hydrogen-bond donors (Lipinski definition) is 0. The molecule has 1 aromatic carbocycles. The summed E-state index contributed by atoms with van der Waals surface area (Å²) in [6.07, 6.45) is 1.11. The van der Waals surface area contributed by atoms with E-state index in [0.717, 1.165) is 6.26 Å². The molecule has 0 fully saturated rings. The molecule has 3 nitrogen and oxygen atoms in total. The fraction of sp³-hybridized carbons (Fsp3) is 0.222. The number of carbonyl (C=O) groups is 1. The summed E-state index contributed by atoms with van der Waals surface area (Å²) in [6.45, 7) is 1.40. The summed E-state index contributed by atoms with van der Waals surface area (Å²) in [5, 5.41) is 0. The molecule has 0 N–H and O–H groups in total. The van der Waals surface area contributed by atoms with E-state index < -0.39 is 9.84 Å². The lowest BCUT2D eigenvalue weighted by atomic mass is 10.2. The Balaban J connectivity index is 3.43. The van der Waals surface area contributed by atoms with Crippen LogP contribution < -0.4 is 0 Å². The third-order valence-electron chi connectivity index (χ3n) is 1.71. The van der Waals surface area contributed by atoms with E-state index in [1.165, 1.54) is 19.1 Å². The molecule has 0 saturated carbocycles. The second-order valence-corrected chi connectivity index (χ2v) is 5.94. The number of Topliss-reactive ketones (excluding diaryl/α,β-unsaturated/α-hetero) is 1. The number of hydrogen-bond acceptors (Lipinski definition) is 3. The number of rotatable bonds is 2. The van der Waals surface area contributed by atoms with Gasteiger partial charge in [-0.2, -0.15) is 0 Å². The van der Waals surface area contributed by atoms with Gasteiger partial charge in [0, 0.05) is 16.3 Å². The van der Waals surface area contributed by atoms with Gasteiger partial charge in [-0.15, -0.1) is 0 Å². The maximum atomic E-state index is 11.2. The minimum Gasteiger partial charge on any atom is -0.295 e. The number of halogens is 1. The van der Waals surface area contributed by atoms with E-state index in [9.17, 15) is 13.2 Å². The molecule has 0 heterocycles. The highest BCUT2D eigenvalue weighted by Crippen LogP contribution is 2.19. The summed E-state index contributed by atoms with van der Waals surface area (Å²) in [4.78, 5) is 11.2. The zero-order valence-electron chi connectivity index (χ0n) is 7.74. The summed E-state index contributed by atoms with van der Waals surface area (Å²) in [7, 11) is -3.26. The van der Waals surface area contributed by atoms with Gasteiger partial charge in [0.1, 0.15) is 0 Å². The Morgan fingerprint density at radius 1 is 1.29 bits per heavy atom. The Morgan fingerprint density at radius 2 is 1.86 bits per heavy atom. The molecular weight excluding hydrogens is 268 g/mol. The molecule has 0 aromatic heterocycles. The van der Waals surface area contributed by atoms with Crippen LogP contribution in [0, 0.1) is 0 Å². The second-order valence-electron chi connectivity index (χ2n) is 3.00. The van der Waals surface area contributed by atoms with Crippen molar-refractivity contribution in [3.63, 3.8) is 0 Å². The lowest BCUT2D eigenvalue weighted by Crippen LogP contribution is -2.00. The highest BCUT2D eigenvalue weighted by molar-refractivity contribution is 9.10. The first-order valence-electron chi connectivity index (χ1n) is 3.82. The molecule has 0 spiro atoms. The average Bonchev–Trinajstić information content (AvgIpc) is 2.01. The van der Waals surface area contributed by atoms with Gasteiger partial charge in [-0.3, -0.25) is 4.79 Å². The van der Waals surface area contributed by atoms with E-state index in [-0.39, 0.29) is 10.7 Å². The summed E-state index contributed by atoms with van der Waals surface area (Å²) in [5.74, 6) is -0.156. The molecule has 1 aromatic rings. The van der Waals surface area contributed by atoms with Gasteiger partial charge in [0.05, 0.1) is 4.90 Å². The Labute approximate surface area is 91.2 Å². The normalized spacial score (nSPS) is 11.4. The van der Waals surface area contributed by atoms with Crippen molar-refractivity contribution >= 4 is 31.6 Å². The quantitative estimate of drug-likeness (QED) is 0.777. The van der Waals surface area contributed by atoms with Crippen LogP contribution >= 0.6 is 15.9 Å². The van der Waals surface area contributed by atoms with Crippen molar-refractivity contribution in [2.45, 2.75) is 11.8 Å². The molecule has 14 heavy (non-hydrogen) atoms. The van der Waals surface area contributed by atoms with Crippen LogP contribution in [0.2, 0.25) is 0 Å². The third kappa shape index (κ3) is 2.65. The summed E-state index contributed by atoms with van der Waals surface area (Å²) < 4.78 is 23.0. The van der Waals surface area contributed by atoms with Crippen LogP contribution in [0.15, 0.2) is 27.6 Å². The fourth-order valence-corrected chi connectivity index (χ4v) is 2.31. The summed E-state index contributed by atoms with van der Waals surface area (Å²) >= 11 is 3.16. The van der Waals surface area contributed by atoms with Crippen LogP contribution in [0.3, 0.4) is 0 Å². The zero-order chi connectivity index (χ0) is 10.9. The molecule has 0 atom stereocenters. The summed E-state index contributed by atoms with van der Waals surface area (Å²) in [5.41, 5.74) is 0.389. The summed E-state index contributed by atoms with van der Waals surface area (Å²) in [6, 6.07) is 4.45. The molecular formula is C9H9BrO3S. The fourth-order valence-electron chi connectivity index (χ4n) is 0.980. The number of benzene rings is 1. The van der Waals surface area contributed by atoms with Gasteiger partial charge < -0.3 is 0 Å². The van der Waals surface area contributed by atoms with Crippen molar-refractivity contribution in [3.05, 3.63) is 28.2 Å². The van der Waals surface area contributed by atoms with Crippen molar-refractivity contribution in [1.82, 2.24) is 0 Å². The predicted octanol–water partition coefficient (Wildman–Crippen LogP) is 2.06. The monoisotopic (exact) mass is 276 g/mol. The van der Waals surface area contributed by atoms with E-state index in [0.29, 0.717) is 10.0 Å². The first-order chi connectivity index (χ1) is 6.30. The molecule has 76 valence electrons. The minimum atomic E-state index is -3.26. The van der Waals surface area contributed by atoms with Crippen LogP contribution in [-0.4, -0.2) is 20.5 Å². The SMILES string of the molecule is CC(=O)c1cc(Br)cc(S(C)(=O)=O)c1. The molecule has 0 unspecified atom stereocenters. The van der Waals surface area contributed by atoms with Crippen LogP contribution in [-0.2, 0) is 9.84 Å². The highest BCUT2D eigenvalue weighted by atomic mass is 79.9. The van der Waals surface area contributed by atoms with Gasteiger partial charge >= 0.3 is 0 Å². The lowest BCUT2D eigenvalue weighted by molar-refractivity contribution is 0.101. The van der Waals surface area contributed by atoms with Crippen LogP contribution in [0.5, 0.6) is 0 Å². The first kappa shape index (κ1) is 11.4. The van der Waals surface area contributed by atoms with E-state index in [2.05, 4.69) is 15.9 Å². The van der Waals surface area contributed by atoms with Gasteiger partial charge in [-0.05, 0) is 25.1 Å². The van der Waals surface area contributed by atoms with Gasteiger partial charge in [-0.1, -0.05) is 15.9 Å². The van der Waals surface area contributed by atoms with E-state index in [4.69, 9.17) is 0 Å². The Bertz CT molecular complexity index is 477. The van der Waals surface area contributed by atoms with Gasteiger partial charge in [0.15, 0.2) is 15.6 Å². The number of ketones is 1. The molecule has 5 heteroatoms. The standard InChI is InChI=1S/C9H9BrO3S/c1-6(11)7-3-8(10)5-9(4-7)14(2,12)13/h3-5H,1-2H3. The van der Waals surface area contributed by atoms with Gasteiger partial charge in [-0.25, -0.2) is 8.42 Å². The van der Waals surface area contributed by atoms with Crippen molar-refractivity contribution in [1.29, 1.82) is 0 Å². The van der Waals surface area contributed by atoms with Crippen LogP contribution in [0.1, 0.15) is 17.3 Å².